The molecule has 0 radical (unpaired) electrons. The van der Waals surface area contributed by atoms with Gasteiger partial charge in [-0.1, -0.05) is 11.6 Å². The predicted molar refractivity (Wildman–Crippen MR) is 120 cm³/mol. The Morgan fingerprint density at radius 1 is 1.19 bits per heavy atom. The van der Waals surface area contributed by atoms with Gasteiger partial charge in [0.2, 0.25) is 0 Å². The van der Waals surface area contributed by atoms with Gasteiger partial charge in [-0.15, -0.1) is 11.8 Å². The quantitative estimate of drug-likeness (QED) is 0.577. The lowest BCUT2D eigenvalue weighted by atomic mass is 10.1. The highest BCUT2D eigenvalue weighted by Crippen LogP contribution is 2.47. The maximum absolute atomic E-state index is 14.0. The van der Waals surface area contributed by atoms with Gasteiger partial charge in [-0.05, 0) is 18.2 Å². The SMILES string of the molecule is COc1cc(C2=CC3C(S2)C(=O)N(c2cncc4cnn(C)c24)C(=O)N3C)c(Cl)cc1F. The molecule has 4 heterocycles. The van der Waals surface area contributed by atoms with Crippen molar-refractivity contribution in [3.8, 4) is 5.75 Å². The number of aryl methyl sites for hydroxylation is 1. The van der Waals surface area contributed by atoms with Crippen LogP contribution >= 0.6 is 23.4 Å². The minimum Gasteiger partial charge on any atom is -0.494 e. The Kier molecular flexibility index (Phi) is 4.86. The smallest absolute Gasteiger partial charge is 0.331 e. The Labute approximate surface area is 191 Å². The molecule has 0 bridgehead atoms. The van der Waals surface area contributed by atoms with Crippen LogP contribution in [0, 0.1) is 5.82 Å². The van der Waals surface area contributed by atoms with Gasteiger partial charge < -0.3 is 9.64 Å². The Morgan fingerprint density at radius 3 is 2.72 bits per heavy atom. The van der Waals surface area contributed by atoms with E-state index in [1.807, 2.05) is 6.08 Å². The third kappa shape index (κ3) is 2.97. The number of hydrogen-bond acceptors (Lipinski definition) is 6. The molecule has 0 N–H and O–H groups in total. The topological polar surface area (TPSA) is 80.6 Å². The maximum Gasteiger partial charge on any atom is 0.331 e. The highest BCUT2D eigenvalue weighted by atomic mass is 35.5. The normalized spacial score (nSPS) is 20.7. The highest BCUT2D eigenvalue weighted by molar-refractivity contribution is 8.09. The molecule has 5 rings (SSSR count). The molecular weight excluding hydrogens is 457 g/mol. The van der Waals surface area contributed by atoms with Gasteiger partial charge in [0.1, 0.15) is 5.25 Å². The molecule has 2 aliphatic rings. The van der Waals surface area contributed by atoms with E-state index in [9.17, 15) is 14.0 Å². The molecular formula is C21H17ClFN5O3S. The number of rotatable bonds is 3. The van der Waals surface area contributed by atoms with Crippen LogP contribution in [0.4, 0.5) is 14.9 Å². The summed E-state index contributed by atoms with van der Waals surface area (Å²) < 4.78 is 20.7. The number of urea groups is 1. The van der Waals surface area contributed by atoms with Crippen LogP contribution in [0.25, 0.3) is 15.8 Å². The number of halogens is 2. The first-order chi connectivity index (χ1) is 15.3. The van der Waals surface area contributed by atoms with Crippen molar-refractivity contribution in [3.05, 3.63) is 53.2 Å². The fourth-order valence-electron chi connectivity index (χ4n) is 4.03. The fraction of sp³-hybridized carbons (Fsp3) is 0.238. The Morgan fingerprint density at radius 2 is 1.97 bits per heavy atom. The Balaban J connectivity index is 1.55. The van der Waals surface area contributed by atoms with Crippen molar-refractivity contribution in [2.45, 2.75) is 11.3 Å². The Hall–Kier alpha value is -3.11. The molecule has 32 heavy (non-hydrogen) atoms. The van der Waals surface area contributed by atoms with E-state index in [0.29, 0.717) is 21.7 Å². The van der Waals surface area contributed by atoms with Crippen LogP contribution in [0.1, 0.15) is 5.56 Å². The van der Waals surface area contributed by atoms with Crippen LogP contribution in [0.2, 0.25) is 5.02 Å². The number of pyridine rings is 1. The molecule has 3 amide bonds. The molecule has 2 aromatic heterocycles. The molecule has 2 aliphatic heterocycles. The van der Waals surface area contributed by atoms with Crippen molar-refractivity contribution in [2.75, 3.05) is 19.1 Å². The minimum atomic E-state index is -0.594. The molecule has 11 heteroatoms. The number of benzene rings is 1. The standard InChI is InChI=1S/C21H17ClFN5O3S/c1-26-14-6-17(11-4-16(31-3)13(23)5-12(11)22)32-19(14)20(29)28(21(26)30)15-9-24-7-10-8-25-27(2)18(10)15/h4-9,14,19H,1-3H3. The van der Waals surface area contributed by atoms with Crippen LogP contribution in [0.3, 0.4) is 0 Å². The molecule has 8 nitrogen and oxygen atoms in total. The second-order valence-electron chi connectivity index (χ2n) is 7.46. The molecule has 1 aromatic carbocycles. The average molecular weight is 474 g/mol. The molecule has 0 aliphatic carbocycles. The van der Waals surface area contributed by atoms with Gasteiger partial charge in [-0.3, -0.25) is 14.5 Å². The lowest BCUT2D eigenvalue weighted by Gasteiger charge is -2.39. The van der Waals surface area contributed by atoms with Crippen molar-refractivity contribution in [1.29, 1.82) is 0 Å². The second kappa shape index (κ2) is 7.49. The number of likely N-dealkylation sites (N-methyl/N-ethyl adjacent to an activating group) is 1. The first-order valence-corrected chi connectivity index (χ1v) is 10.9. The second-order valence-corrected chi connectivity index (χ2v) is 9.05. The summed E-state index contributed by atoms with van der Waals surface area (Å²) >= 11 is 7.57. The number of hydrogen-bond donors (Lipinski definition) is 0. The first kappa shape index (κ1) is 20.8. The molecule has 2 atom stereocenters. The number of ether oxygens (including phenoxy) is 1. The monoisotopic (exact) mass is 473 g/mol. The zero-order valence-electron chi connectivity index (χ0n) is 17.2. The van der Waals surface area contributed by atoms with Crippen molar-refractivity contribution < 1.29 is 18.7 Å². The summed E-state index contributed by atoms with van der Waals surface area (Å²) in [6, 6.07) is 1.74. The van der Waals surface area contributed by atoms with Crippen molar-refractivity contribution in [2.24, 2.45) is 7.05 Å². The molecule has 164 valence electrons. The van der Waals surface area contributed by atoms with E-state index in [-0.39, 0.29) is 16.7 Å². The van der Waals surface area contributed by atoms with E-state index in [0.717, 1.165) is 10.3 Å². The summed E-state index contributed by atoms with van der Waals surface area (Å²) in [6.45, 7) is 0. The van der Waals surface area contributed by atoms with Gasteiger partial charge in [0.15, 0.2) is 11.6 Å². The fourth-order valence-corrected chi connectivity index (χ4v) is 5.73. The molecule has 2 unspecified atom stereocenters. The van der Waals surface area contributed by atoms with Crippen LogP contribution in [-0.2, 0) is 11.8 Å². The third-order valence-electron chi connectivity index (χ3n) is 5.66. The lowest BCUT2D eigenvalue weighted by molar-refractivity contribution is -0.119. The summed E-state index contributed by atoms with van der Waals surface area (Å²) in [5.41, 5.74) is 1.55. The number of anilines is 1. The van der Waals surface area contributed by atoms with E-state index >= 15 is 0 Å². The molecule has 1 saturated heterocycles. The Bertz CT molecular complexity index is 1330. The first-order valence-electron chi connectivity index (χ1n) is 9.60. The summed E-state index contributed by atoms with van der Waals surface area (Å²) in [6.07, 6.45) is 6.56. The van der Waals surface area contributed by atoms with Crippen molar-refractivity contribution >= 4 is 56.8 Å². The van der Waals surface area contributed by atoms with Gasteiger partial charge >= 0.3 is 6.03 Å². The van der Waals surface area contributed by atoms with Crippen molar-refractivity contribution in [3.63, 3.8) is 0 Å². The lowest BCUT2D eigenvalue weighted by Crippen LogP contribution is -2.60. The maximum atomic E-state index is 14.0. The van der Waals surface area contributed by atoms with Gasteiger partial charge in [0, 0.05) is 36.1 Å². The average Bonchev–Trinajstić information content (AvgIpc) is 3.38. The van der Waals surface area contributed by atoms with E-state index < -0.39 is 23.1 Å². The number of methoxy groups -OCH3 is 1. The zero-order valence-corrected chi connectivity index (χ0v) is 18.8. The number of carbonyl (C=O) groups is 2. The summed E-state index contributed by atoms with van der Waals surface area (Å²) in [5, 5.41) is 4.54. The largest absolute Gasteiger partial charge is 0.494 e. The zero-order chi connectivity index (χ0) is 22.7. The molecule has 1 fully saturated rings. The number of imide groups is 1. The van der Waals surface area contributed by atoms with Crippen molar-refractivity contribution in [1.82, 2.24) is 19.7 Å². The van der Waals surface area contributed by atoms with Gasteiger partial charge in [0.05, 0.1) is 41.8 Å². The van der Waals surface area contributed by atoms with Gasteiger partial charge in [-0.25, -0.2) is 14.1 Å². The summed E-state index contributed by atoms with van der Waals surface area (Å²) in [4.78, 5) is 34.3. The number of aromatic nitrogens is 3. The van der Waals surface area contributed by atoms with Gasteiger partial charge in [-0.2, -0.15) is 5.10 Å². The number of amides is 3. The van der Waals surface area contributed by atoms with Crippen LogP contribution < -0.4 is 9.64 Å². The van der Waals surface area contributed by atoms with Gasteiger partial charge in [0.25, 0.3) is 5.91 Å². The number of nitrogens with zero attached hydrogens (tertiary/aromatic N) is 5. The molecule has 0 saturated carbocycles. The van der Waals surface area contributed by atoms with Crippen LogP contribution in [-0.4, -0.2) is 57.1 Å². The van der Waals surface area contributed by atoms with E-state index in [1.165, 1.54) is 42.1 Å². The van der Waals surface area contributed by atoms with E-state index in [1.54, 1.807) is 31.2 Å². The molecule has 3 aromatic rings. The van der Waals surface area contributed by atoms with Crippen LogP contribution in [0.5, 0.6) is 5.75 Å². The number of carbonyl (C=O) groups excluding carboxylic acids is 2. The van der Waals surface area contributed by atoms with E-state index in [4.69, 9.17) is 16.3 Å². The van der Waals surface area contributed by atoms with E-state index in [2.05, 4.69) is 10.1 Å². The summed E-state index contributed by atoms with van der Waals surface area (Å²) in [7, 11) is 4.75. The molecule has 0 spiro atoms. The highest BCUT2D eigenvalue weighted by Gasteiger charge is 2.49. The summed E-state index contributed by atoms with van der Waals surface area (Å²) in [5.74, 6) is -0.893. The number of fused-ring (bicyclic) bond motifs is 2. The number of thioether (sulfide) groups is 1. The predicted octanol–water partition coefficient (Wildman–Crippen LogP) is 3.69. The van der Waals surface area contributed by atoms with Crippen LogP contribution in [0.15, 0.2) is 36.8 Å². The minimum absolute atomic E-state index is 0.0483. The third-order valence-corrected chi connectivity index (χ3v) is 7.32.